The van der Waals surface area contributed by atoms with Crippen molar-refractivity contribution >= 4 is 23.6 Å². The molecule has 1 aromatic carbocycles. The Morgan fingerprint density at radius 3 is 2.19 bits per heavy atom. The molecule has 3 aromatic rings. The Balaban J connectivity index is 1.42. The minimum atomic E-state index is -4.92. The largest absolute Gasteiger partial charge is 0.452 e. The molecule has 10 nitrogen and oxygen atoms in total. The maximum atomic E-state index is 13.5. The zero-order chi connectivity index (χ0) is 26.8. The fraction of sp³-hybridized carbons (Fsp3) is 0.375. The summed E-state index contributed by atoms with van der Waals surface area (Å²) in [5.41, 5.74) is -1.10. The van der Waals surface area contributed by atoms with Gasteiger partial charge < -0.3 is 24.3 Å². The summed E-state index contributed by atoms with van der Waals surface area (Å²) >= 11 is 0. The van der Waals surface area contributed by atoms with Crippen molar-refractivity contribution < 1.29 is 31.9 Å². The lowest BCUT2D eigenvalue weighted by molar-refractivity contribution is -0.153. The van der Waals surface area contributed by atoms with E-state index in [1.54, 1.807) is 43.9 Å². The molecule has 1 aliphatic heterocycles. The molecule has 1 aliphatic rings. The number of ether oxygens (including phenoxy) is 1. The number of piperazine rings is 1. The Kier molecular flexibility index (Phi) is 7.05. The molecule has 1 saturated heterocycles. The van der Waals surface area contributed by atoms with Gasteiger partial charge in [-0.1, -0.05) is 18.2 Å². The number of rotatable bonds is 4. The SMILES string of the molecule is CC(C)(C)OC(=O)N1CCN(c2ncc(NC(=O)c3nc(-c4ccccc4)oc3C(F)(F)F)cn2)CC1. The number of amides is 2. The van der Waals surface area contributed by atoms with Gasteiger partial charge in [-0.2, -0.15) is 13.2 Å². The highest BCUT2D eigenvalue weighted by Crippen LogP contribution is 2.35. The molecule has 1 N–H and O–H groups in total. The quantitative estimate of drug-likeness (QED) is 0.539. The summed E-state index contributed by atoms with van der Waals surface area (Å²) < 4.78 is 50.8. The van der Waals surface area contributed by atoms with E-state index in [0.717, 1.165) is 0 Å². The highest BCUT2D eigenvalue weighted by Gasteiger charge is 2.42. The Hall–Kier alpha value is -4.16. The number of oxazole rings is 1. The molecule has 2 aromatic heterocycles. The van der Waals surface area contributed by atoms with Crippen LogP contribution < -0.4 is 10.2 Å². The van der Waals surface area contributed by atoms with Gasteiger partial charge in [0, 0.05) is 31.7 Å². The molecule has 1 fully saturated rings. The molecule has 4 rings (SSSR count). The number of benzene rings is 1. The fourth-order valence-electron chi connectivity index (χ4n) is 3.53. The highest BCUT2D eigenvalue weighted by molar-refractivity contribution is 6.03. The first-order valence-corrected chi connectivity index (χ1v) is 11.4. The summed E-state index contributed by atoms with van der Waals surface area (Å²) in [4.78, 5) is 40.5. The van der Waals surface area contributed by atoms with E-state index < -0.39 is 35.2 Å². The monoisotopic (exact) mass is 518 g/mol. The molecule has 37 heavy (non-hydrogen) atoms. The predicted molar refractivity (Wildman–Crippen MR) is 127 cm³/mol. The van der Waals surface area contributed by atoms with Crippen LogP contribution in [0.25, 0.3) is 11.5 Å². The van der Waals surface area contributed by atoms with Crippen LogP contribution in [-0.4, -0.2) is 63.6 Å². The van der Waals surface area contributed by atoms with Crippen LogP contribution in [0.3, 0.4) is 0 Å². The van der Waals surface area contributed by atoms with Crippen LogP contribution in [0.1, 0.15) is 37.0 Å². The number of aromatic nitrogens is 3. The van der Waals surface area contributed by atoms with E-state index in [1.807, 2.05) is 4.90 Å². The molecule has 2 amide bonds. The maximum Gasteiger partial charge on any atom is 0.452 e. The van der Waals surface area contributed by atoms with Gasteiger partial charge >= 0.3 is 12.3 Å². The molecule has 0 unspecified atom stereocenters. The average molecular weight is 518 g/mol. The summed E-state index contributed by atoms with van der Waals surface area (Å²) in [5, 5.41) is 2.33. The van der Waals surface area contributed by atoms with Crippen LogP contribution in [0.4, 0.5) is 29.6 Å². The van der Waals surface area contributed by atoms with Gasteiger partial charge in [-0.3, -0.25) is 4.79 Å². The standard InChI is InChI=1S/C24H25F3N6O4/c1-23(2,3)37-22(35)33-11-9-32(10-12-33)21-28-13-16(14-29-21)30-19(34)17-18(24(25,26)27)36-20(31-17)15-7-5-4-6-8-15/h4-8,13-14H,9-12H2,1-3H3,(H,30,34). The van der Waals surface area contributed by atoms with Gasteiger partial charge in [-0.15, -0.1) is 0 Å². The topological polar surface area (TPSA) is 114 Å². The summed E-state index contributed by atoms with van der Waals surface area (Å²) in [7, 11) is 0. The Labute approximate surface area is 210 Å². The van der Waals surface area contributed by atoms with E-state index in [2.05, 4.69) is 20.3 Å². The lowest BCUT2D eigenvalue weighted by atomic mass is 10.2. The predicted octanol–water partition coefficient (Wildman–Crippen LogP) is 4.46. The number of hydrogen-bond acceptors (Lipinski definition) is 8. The minimum absolute atomic E-state index is 0.0820. The first kappa shape index (κ1) is 25.9. The van der Waals surface area contributed by atoms with E-state index in [9.17, 15) is 22.8 Å². The summed E-state index contributed by atoms with van der Waals surface area (Å²) in [6.07, 6.45) is -2.75. The second kappa shape index (κ2) is 10.1. The molecule has 0 aliphatic carbocycles. The Morgan fingerprint density at radius 1 is 1.00 bits per heavy atom. The zero-order valence-electron chi connectivity index (χ0n) is 20.4. The first-order valence-electron chi connectivity index (χ1n) is 11.4. The van der Waals surface area contributed by atoms with Crippen LogP contribution in [0, 0.1) is 0 Å². The number of carbonyl (C=O) groups excluding carboxylic acids is 2. The molecule has 3 heterocycles. The number of halogens is 3. The number of nitrogens with one attached hydrogen (secondary N) is 1. The van der Waals surface area contributed by atoms with Gasteiger partial charge in [-0.25, -0.2) is 19.7 Å². The molecule has 0 radical (unpaired) electrons. The van der Waals surface area contributed by atoms with Crippen molar-refractivity contribution in [1.82, 2.24) is 19.9 Å². The van der Waals surface area contributed by atoms with Crippen molar-refractivity contribution in [3.63, 3.8) is 0 Å². The van der Waals surface area contributed by atoms with Crippen LogP contribution in [0.2, 0.25) is 0 Å². The molecular formula is C24H25F3N6O4. The Bertz CT molecular complexity index is 1250. The molecule has 0 bridgehead atoms. The van der Waals surface area contributed by atoms with Crippen molar-refractivity contribution in [2.45, 2.75) is 32.5 Å². The highest BCUT2D eigenvalue weighted by atomic mass is 19.4. The molecule has 0 saturated carbocycles. The van der Waals surface area contributed by atoms with Crippen LogP contribution in [-0.2, 0) is 10.9 Å². The van der Waals surface area contributed by atoms with Crippen molar-refractivity contribution in [3.05, 3.63) is 54.2 Å². The molecule has 0 atom stereocenters. The number of hydrogen-bond donors (Lipinski definition) is 1. The lowest BCUT2D eigenvalue weighted by Crippen LogP contribution is -2.50. The van der Waals surface area contributed by atoms with Crippen molar-refractivity contribution in [2.75, 3.05) is 36.4 Å². The number of carbonyl (C=O) groups is 2. The molecule has 196 valence electrons. The van der Waals surface area contributed by atoms with E-state index >= 15 is 0 Å². The third-order valence-electron chi connectivity index (χ3n) is 5.23. The third kappa shape index (κ3) is 6.35. The normalized spacial score (nSPS) is 14.4. The van der Waals surface area contributed by atoms with Crippen molar-refractivity contribution in [3.8, 4) is 11.5 Å². The van der Waals surface area contributed by atoms with Gasteiger partial charge in [0.05, 0.1) is 18.1 Å². The van der Waals surface area contributed by atoms with E-state index in [4.69, 9.17) is 9.15 Å². The van der Waals surface area contributed by atoms with Crippen molar-refractivity contribution in [2.24, 2.45) is 0 Å². The minimum Gasteiger partial charge on any atom is -0.444 e. The molecule has 13 heteroatoms. The van der Waals surface area contributed by atoms with Gasteiger partial charge in [0.25, 0.3) is 5.91 Å². The third-order valence-corrected chi connectivity index (χ3v) is 5.23. The fourth-order valence-corrected chi connectivity index (χ4v) is 3.53. The number of anilines is 2. The van der Waals surface area contributed by atoms with Gasteiger partial charge in [0.1, 0.15) is 5.60 Å². The van der Waals surface area contributed by atoms with Crippen LogP contribution in [0.15, 0.2) is 47.1 Å². The molecular weight excluding hydrogens is 493 g/mol. The van der Waals surface area contributed by atoms with Crippen molar-refractivity contribution in [1.29, 1.82) is 0 Å². The van der Waals surface area contributed by atoms with Gasteiger partial charge in [0.2, 0.25) is 17.6 Å². The first-order chi connectivity index (χ1) is 17.4. The Morgan fingerprint density at radius 2 is 1.62 bits per heavy atom. The van der Waals surface area contributed by atoms with E-state index in [-0.39, 0.29) is 11.6 Å². The van der Waals surface area contributed by atoms with Crippen LogP contribution >= 0.6 is 0 Å². The number of alkyl halides is 3. The van der Waals surface area contributed by atoms with E-state index in [1.165, 1.54) is 24.5 Å². The summed E-state index contributed by atoms with van der Waals surface area (Å²) in [6, 6.07) is 7.96. The molecule has 0 spiro atoms. The second-order valence-corrected chi connectivity index (χ2v) is 9.24. The van der Waals surface area contributed by atoms with Gasteiger partial charge in [-0.05, 0) is 32.9 Å². The summed E-state index contributed by atoms with van der Waals surface area (Å²) in [5.74, 6) is -2.58. The lowest BCUT2D eigenvalue weighted by Gasteiger charge is -2.35. The second-order valence-electron chi connectivity index (χ2n) is 9.24. The summed E-state index contributed by atoms with van der Waals surface area (Å²) in [6.45, 7) is 7.13. The van der Waals surface area contributed by atoms with Gasteiger partial charge in [0.15, 0.2) is 5.69 Å². The van der Waals surface area contributed by atoms with E-state index in [0.29, 0.717) is 37.7 Å². The zero-order valence-corrected chi connectivity index (χ0v) is 20.4. The average Bonchev–Trinajstić information content (AvgIpc) is 3.31. The van der Waals surface area contributed by atoms with Crippen LogP contribution in [0.5, 0.6) is 0 Å². The maximum absolute atomic E-state index is 13.5. The smallest absolute Gasteiger partial charge is 0.444 e. The number of nitrogens with zero attached hydrogens (tertiary/aromatic N) is 5.